The quantitative estimate of drug-likeness (QED) is 0.826. The molecule has 94 valence electrons. The molecule has 1 aromatic heterocycles. The third-order valence-corrected chi connectivity index (χ3v) is 2.05. The van der Waals surface area contributed by atoms with E-state index in [-0.39, 0.29) is 24.5 Å². The standard InChI is InChI=1S/C10H15ClN4O2/c1-6(2)14-8(16)5-12-9-7(11)4-13-10(15-9)17-3/h4,6H,5H2,1-3H3,(H,14,16)(H,12,13,15). The summed E-state index contributed by atoms with van der Waals surface area (Å²) in [6, 6.07) is 0.292. The van der Waals surface area contributed by atoms with Gasteiger partial charge in [-0.25, -0.2) is 4.98 Å². The van der Waals surface area contributed by atoms with Crippen LogP contribution < -0.4 is 15.4 Å². The van der Waals surface area contributed by atoms with Crippen molar-refractivity contribution in [3.8, 4) is 6.01 Å². The first-order valence-corrected chi connectivity index (χ1v) is 5.50. The van der Waals surface area contributed by atoms with Gasteiger partial charge in [-0.05, 0) is 13.8 Å². The van der Waals surface area contributed by atoms with E-state index in [2.05, 4.69) is 20.6 Å². The number of hydrogen-bond acceptors (Lipinski definition) is 5. The third-order valence-electron chi connectivity index (χ3n) is 1.77. The minimum Gasteiger partial charge on any atom is -0.467 e. The minimum atomic E-state index is -0.131. The molecule has 7 heteroatoms. The lowest BCUT2D eigenvalue weighted by Crippen LogP contribution is -2.35. The largest absolute Gasteiger partial charge is 0.467 e. The summed E-state index contributed by atoms with van der Waals surface area (Å²) in [6.07, 6.45) is 1.41. The van der Waals surface area contributed by atoms with Gasteiger partial charge in [-0.15, -0.1) is 0 Å². The van der Waals surface area contributed by atoms with Crippen LogP contribution in [-0.2, 0) is 4.79 Å². The molecule has 0 atom stereocenters. The summed E-state index contributed by atoms with van der Waals surface area (Å²) in [7, 11) is 1.46. The minimum absolute atomic E-state index is 0.0953. The fraction of sp³-hybridized carbons (Fsp3) is 0.500. The molecule has 0 aliphatic heterocycles. The van der Waals surface area contributed by atoms with Gasteiger partial charge in [0.25, 0.3) is 0 Å². The Hall–Kier alpha value is -1.56. The lowest BCUT2D eigenvalue weighted by atomic mass is 10.4. The number of amides is 1. The second kappa shape index (κ2) is 6.24. The van der Waals surface area contributed by atoms with E-state index in [0.29, 0.717) is 10.8 Å². The number of anilines is 1. The van der Waals surface area contributed by atoms with E-state index < -0.39 is 0 Å². The van der Waals surface area contributed by atoms with Gasteiger partial charge < -0.3 is 15.4 Å². The first kappa shape index (κ1) is 13.5. The van der Waals surface area contributed by atoms with E-state index in [4.69, 9.17) is 16.3 Å². The van der Waals surface area contributed by atoms with Crippen LogP contribution in [0.5, 0.6) is 6.01 Å². The van der Waals surface area contributed by atoms with E-state index in [1.807, 2.05) is 13.8 Å². The first-order valence-electron chi connectivity index (χ1n) is 5.12. The number of methoxy groups -OCH3 is 1. The number of hydrogen-bond donors (Lipinski definition) is 2. The number of nitrogens with zero attached hydrogens (tertiary/aromatic N) is 2. The number of ether oxygens (including phenoxy) is 1. The van der Waals surface area contributed by atoms with Gasteiger partial charge in [0.2, 0.25) is 5.91 Å². The molecular formula is C10H15ClN4O2. The van der Waals surface area contributed by atoms with Crippen molar-refractivity contribution >= 4 is 23.3 Å². The molecule has 0 unspecified atom stereocenters. The number of rotatable bonds is 5. The third kappa shape index (κ3) is 4.44. The lowest BCUT2D eigenvalue weighted by Gasteiger charge is -2.10. The Balaban J connectivity index is 2.59. The lowest BCUT2D eigenvalue weighted by molar-refractivity contribution is -0.119. The van der Waals surface area contributed by atoms with Crippen LogP contribution in [0.2, 0.25) is 5.02 Å². The molecule has 0 aromatic carbocycles. The SMILES string of the molecule is COc1ncc(Cl)c(NCC(=O)NC(C)C)n1. The molecule has 6 nitrogen and oxygen atoms in total. The van der Waals surface area contributed by atoms with Crippen LogP contribution in [0.1, 0.15) is 13.8 Å². The molecule has 0 aliphatic rings. The maximum atomic E-state index is 11.4. The Morgan fingerprint density at radius 2 is 2.29 bits per heavy atom. The van der Waals surface area contributed by atoms with Crippen LogP contribution in [0.15, 0.2) is 6.20 Å². The predicted molar refractivity (Wildman–Crippen MR) is 65.4 cm³/mol. The highest BCUT2D eigenvalue weighted by atomic mass is 35.5. The van der Waals surface area contributed by atoms with Gasteiger partial charge in [-0.1, -0.05) is 11.6 Å². The molecule has 0 aliphatic carbocycles. The number of aromatic nitrogens is 2. The summed E-state index contributed by atoms with van der Waals surface area (Å²) in [4.78, 5) is 19.2. The van der Waals surface area contributed by atoms with Gasteiger partial charge in [-0.2, -0.15) is 4.98 Å². The molecular weight excluding hydrogens is 244 g/mol. The highest BCUT2D eigenvalue weighted by Crippen LogP contribution is 2.19. The zero-order chi connectivity index (χ0) is 12.8. The van der Waals surface area contributed by atoms with Crippen molar-refractivity contribution < 1.29 is 9.53 Å². The van der Waals surface area contributed by atoms with Crippen molar-refractivity contribution in [2.24, 2.45) is 0 Å². The monoisotopic (exact) mass is 258 g/mol. The van der Waals surface area contributed by atoms with Crippen molar-refractivity contribution in [3.05, 3.63) is 11.2 Å². The summed E-state index contributed by atoms with van der Waals surface area (Å²) in [6.45, 7) is 3.87. The fourth-order valence-corrected chi connectivity index (χ4v) is 1.27. The van der Waals surface area contributed by atoms with E-state index >= 15 is 0 Å². The molecule has 1 rings (SSSR count). The van der Waals surface area contributed by atoms with Crippen LogP contribution >= 0.6 is 11.6 Å². The average molecular weight is 259 g/mol. The van der Waals surface area contributed by atoms with Crippen molar-refractivity contribution in [2.75, 3.05) is 19.0 Å². The van der Waals surface area contributed by atoms with Gasteiger partial charge in [-0.3, -0.25) is 4.79 Å². The maximum absolute atomic E-state index is 11.4. The van der Waals surface area contributed by atoms with Crippen molar-refractivity contribution in [2.45, 2.75) is 19.9 Å². The number of carbonyl (C=O) groups excluding carboxylic acids is 1. The highest BCUT2D eigenvalue weighted by molar-refractivity contribution is 6.32. The fourth-order valence-electron chi connectivity index (χ4n) is 1.11. The topological polar surface area (TPSA) is 76.1 Å². The molecule has 0 saturated heterocycles. The molecule has 2 N–H and O–H groups in total. The zero-order valence-corrected chi connectivity index (χ0v) is 10.7. The summed E-state index contributed by atoms with van der Waals surface area (Å²) in [5, 5.41) is 5.90. The smallest absolute Gasteiger partial charge is 0.318 e. The van der Waals surface area contributed by atoms with Crippen LogP contribution in [-0.4, -0.2) is 35.6 Å². The van der Waals surface area contributed by atoms with Gasteiger partial charge in [0.1, 0.15) is 5.02 Å². The first-order chi connectivity index (χ1) is 8.02. The second-order valence-corrected chi connectivity index (χ2v) is 4.04. The van der Waals surface area contributed by atoms with E-state index in [9.17, 15) is 4.79 Å². The summed E-state index contributed by atoms with van der Waals surface area (Å²) in [5.41, 5.74) is 0. The van der Waals surface area contributed by atoms with Crippen LogP contribution in [0, 0.1) is 0 Å². The van der Waals surface area contributed by atoms with Gasteiger partial charge in [0.15, 0.2) is 5.82 Å². The molecule has 0 radical (unpaired) electrons. The Labute approximate surface area is 105 Å². The van der Waals surface area contributed by atoms with Crippen LogP contribution in [0.3, 0.4) is 0 Å². The Morgan fingerprint density at radius 1 is 1.59 bits per heavy atom. The molecule has 1 aromatic rings. The molecule has 0 fully saturated rings. The van der Waals surface area contributed by atoms with Crippen LogP contribution in [0.25, 0.3) is 0 Å². The van der Waals surface area contributed by atoms with E-state index in [1.54, 1.807) is 0 Å². The molecule has 1 amide bonds. The number of carbonyl (C=O) groups is 1. The normalized spacial score (nSPS) is 10.2. The number of nitrogens with one attached hydrogen (secondary N) is 2. The highest BCUT2D eigenvalue weighted by Gasteiger charge is 2.08. The Bertz CT molecular complexity index is 398. The van der Waals surface area contributed by atoms with Gasteiger partial charge in [0, 0.05) is 6.04 Å². The van der Waals surface area contributed by atoms with E-state index in [1.165, 1.54) is 13.3 Å². The Kier molecular flexibility index (Phi) is 4.96. The molecule has 0 bridgehead atoms. The van der Waals surface area contributed by atoms with Crippen molar-refractivity contribution in [1.29, 1.82) is 0 Å². The van der Waals surface area contributed by atoms with Gasteiger partial charge in [0.05, 0.1) is 19.9 Å². The van der Waals surface area contributed by atoms with E-state index in [0.717, 1.165) is 0 Å². The van der Waals surface area contributed by atoms with Crippen molar-refractivity contribution in [3.63, 3.8) is 0 Å². The molecule has 1 heterocycles. The Morgan fingerprint density at radius 3 is 2.88 bits per heavy atom. The summed E-state index contributed by atoms with van der Waals surface area (Å²) < 4.78 is 4.86. The van der Waals surface area contributed by atoms with Crippen LogP contribution in [0.4, 0.5) is 5.82 Å². The average Bonchev–Trinajstić information content (AvgIpc) is 2.27. The number of halogens is 1. The zero-order valence-electron chi connectivity index (χ0n) is 9.95. The second-order valence-electron chi connectivity index (χ2n) is 3.63. The van der Waals surface area contributed by atoms with Crippen molar-refractivity contribution in [1.82, 2.24) is 15.3 Å². The summed E-state index contributed by atoms with van der Waals surface area (Å²) in [5.74, 6) is 0.242. The van der Waals surface area contributed by atoms with Gasteiger partial charge >= 0.3 is 6.01 Å². The molecule has 17 heavy (non-hydrogen) atoms. The maximum Gasteiger partial charge on any atom is 0.318 e. The summed E-state index contributed by atoms with van der Waals surface area (Å²) >= 11 is 5.87. The molecule has 0 spiro atoms. The predicted octanol–water partition coefficient (Wildman–Crippen LogP) is 1.08. The molecule has 0 saturated carbocycles.